The summed E-state index contributed by atoms with van der Waals surface area (Å²) in [4.78, 5) is 13.4. The molecule has 1 aromatic carbocycles. The second kappa shape index (κ2) is 6.33. The predicted octanol–water partition coefficient (Wildman–Crippen LogP) is 4.73. The standard InChI is InChI=1S/C24H28N2O2/c1-3-26-11-9-17(25-26)12-16-14-22-21-6-4-15-13-18(27)5-7-19(15)20(21)8-10-24(22,2)23(16)28/h5,7,9,11-13,20-22,27H,3-4,6,8,10,14H2,1-2H3. The van der Waals surface area contributed by atoms with Crippen molar-refractivity contribution in [1.82, 2.24) is 9.78 Å². The highest BCUT2D eigenvalue weighted by atomic mass is 16.3. The van der Waals surface area contributed by atoms with Crippen LogP contribution in [0.5, 0.6) is 5.75 Å². The van der Waals surface area contributed by atoms with E-state index in [-0.39, 0.29) is 5.41 Å². The number of carbonyl (C=O) groups excluding carboxylic acids is 1. The van der Waals surface area contributed by atoms with Gasteiger partial charge < -0.3 is 5.11 Å². The molecule has 28 heavy (non-hydrogen) atoms. The minimum atomic E-state index is -0.227. The summed E-state index contributed by atoms with van der Waals surface area (Å²) < 4.78 is 1.91. The SMILES string of the molecule is CCn1ccc(C=C2CC3C4CCc5cc(O)ccc5C4CCC3(C)C2=O)n1. The van der Waals surface area contributed by atoms with E-state index in [0.717, 1.165) is 49.9 Å². The molecule has 0 bridgehead atoms. The van der Waals surface area contributed by atoms with Crippen LogP contribution in [0.2, 0.25) is 0 Å². The molecule has 4 nitrogen and oxygen atoms in total. The van der Waals surface area contributed by atoms with Gasteiger partial charge in [0, 0.05) is 18.2 Å². The lowest BCUT2D eigenvalue weighted by Crippen LogP contribution is -2.42. The van der Waals surface area contributed by atoms with Gasteiger partial charge in [0.2, 0.25) is 0 Å². The molecule has 2 saturated carbocycles. The predicted molar refractivity (Wildman–Crippen MR) is 109 cm³/mol. The van der Waals surface area contributed by atoms with Gasteiger partial charge in [-0.25, -0.2) is 0 Å². The summed E-state index contributed by atoms with van der Waals surface area (Å²) in [5.41, 5.74) is 4.34. The van der Waals surface area contributed by atoms with Crippen LogP contribution in [0.25, 0.3) is 6.08 Å². The summed E-state index contributed by atoms with van der Waals surface area (Å²) >= 11 is 0. The van der Waals surface area contributed by atoms with Crippen LogP contribution >= 0.6 is 0 Å². The van der Waals surface area contributed by atoms with Crippen molar-refractivity contribution in [2.24, 2.45) is 17.3 Å². The number of phenols is 1. The number of ketones is 1. The van der Waals surface area contributed by atoms with Crippen LogP contribution in [-0.2, 0) is 17.8 Å². The average Bonchev–Trinajstić information content (AvgIpc) is 3.25. The van der Waals surface area contributed by atoms with E-state index in [1.165, 1.54) is 11.1 Å². The molecule has 4 atom stereocenters. The fraction of sp³-hybridized carbons (Fsp3) is 0.500. The zero-order chi connectivity index (χ0) is 19.5. The first-order valence-corrected chi connectivity index (χ1v) is 10.6. The number of hydrogen-bond donors (Lipinski definition) is 1. The Morgan fingerprint density at radius 1 is 1.32 bits per heavy atom. The smallest absolute Gasteiger partial charge is 0.165 e. The summed E-state index contributed by atoms with van der Waals surface area (Å²) in [6, 6.07) is 7.88. The molecule has 5 rings (SSSR count). The van der Waals surface area contributed by atoms with E-state index in [2.05, 4.69) is 25.0 Å². The fourth-order valence-corrected chi connectivity index (χ4v) is 6.18. The maximum atomic E-state index is 13.4. The highest BCUT2D eigenvalue weighted by molar-refractivity contribution is 6.05. The van der Waals surface area contributed by atoms with Crippen LogP contribution < -0.4 is 0 Å². The third-order valence-electron chi connectivity index (χ3n) is 7.66. The Balaban J connectivity index is 1.47. The van der Waals surface area contributed by atoms with Crippen LogP contribution in [0.15, 0.2) is 36.0 Å². The Labute approximate surface area is 166 Å². The van der Waals surface area contributed by atoms with Crippen LogP contribution in [0.3, 0.4) is 0 Å². The molecule has 2 aromatic rings. The minimum Gasteiger partial charge on any atom is -0.508 e. The van der Waals surface area contributed by atoms with Gasteiger partial charge in [-0.3, -0.25) is 9.48 Å². The molecule has 1 aromatic heterocycles. The number of rotatable bonds is 2. The molecule has 2 fully saturated rings. The molecule has 0 radical (unpaired) electrons. The summed E-state index contributed by atoms with van der Waals surface area (Å²) in [7, 11) is 0. The molecular formula is C24H28N2O2. The molecule has 3 aliphatic carbocycles. The van der Waals surface area contributed by atoms with Crippen molar-refractivity contribution in [1.29, 1.82) is 0 Å². The lowest BCUT2D eigenvalue weighted by Gasteiger charge is -2.48. The Bertz CT molecular complexity index is 973. The van der Waals surface area contributed by atoms with E-state index in [9.17, 15) is 9.90 Å². The number of nitrogens with zero attached hydrogens (tertiary/aromatic N) is 2. The van der Waals surface area contributed by atoms with Gasteiger partial charge in [0.05, 0.1) is 5.69 Å². The number of phenolic OH excluding ortho intramolecular Hbond substituents is 1. The normalized spacial score (nSPS) is 32.9. The topological polar surface area (TPSA) is 55.1 Å². The first kappa shape index (κ1) is 17.7. The van der Waals surface area contributed by atoms with Crippen molar-refractivity contribution in [2.75, 3.05) is 0 Å². The van der Waals surface area contributed by atoms with Crippen molar-refractivity contribution in [3.63, 3.8) is 0 Å². The van der Waals surface area contributed by atoms with Crippen LogP contribution in [-0.4, -0.2) is 20.7 Å². The Morgan fingerprint density at radius 3 is 2.96 bits per heavy atom. The fourth-order valence-electron chi connectivity index (χ4n) is 6.18. The highest BCUT2D eigenvalue weighted by Crippen LogP contribution is 2.60. The Morgan fingerprint density at radius 2 is 2.18 bits per heavy atom. The number of carbonyl (C=O) groups is 1. The summed E-state index contributed by atoms with van der Waals surface area (Å²) in [5, 5.41) is 14.4. The van der Waals surface area contributed by atoms with Gasteiger partial charge in [-0.05, 0) is 97.8 Å². The summed E-state index contributed by atoms with van der Waals surface area (Å²) in [6.07, 6.45) is 9.03. The molecule has 0 amide bonds. The Kier molecular flexibility index (Phi) is 4.01. The molecule has 4 unspecified atom stereocenters. The molecule has 146 valence electrons. The number of aromatic hydroxyl groups is 1. The number of allylic oxidation sites excluding steroid dienone is 1. The van der Waals surface area contributed by atoms with E-state index in [1.54, 1.807) is 0 Å². The lowest BCUT2D eigenvalue weighted by molar-refractivity contribution is -0.127. The number of fused-ring (bicyclic) bond motifs is 5. The van der Waals surface area contributed by atoms with E-state index in [1.807, 2.05) is 35.2 Å². The zero-order valence-electron chi connectivity index (χ0n) is 16.7. The van der Waals surface area contributed by atoms with Crippen molar-refractivity contribution in [3.8, 4) is 5.75 Å². The quantitative estimate of drug-likeness (QED) is 0.771. The average molecular weight is 377 g/mol. The van der Waals surface area contributed by atoms with Gasteiger partial charge in [0.1, 0.15) is 5.75 Å². The van der Waals surface area contributed by atoms with Crippen molar-refractivity contribution in [3.05, 3.63) is 52.9 Å². The number of aromatic nitrogens is 2. The summed E-state index contributed by atoms with van der Waals surface area (Å²) in [6.45, 7) is 5.12. The monoisotopic (exact) mass is 376 g/mol. The maximum absolute atomic E-state index is 13.4. The third-order valence-corrected chi connectivity index (χ3v) is 7.66. The van der Waals surface area contributed by atoms with Gasteiger partial charge in [0.15, 0.2) is 5.78 Å². The van der Waals surface area contributed by atoms with Crippen LogP contribution in [0.4, 0.5) is 0 Å². The van der Waals surface area contributed by atoms with E-state index in [0.29, 0.717) is 29.3 Å². The molecule has 1 N–H and O–H groups in total. The first-order valence-electron chi connectivity index (χ1n) is 10.6. The second-order valence-electron chi connectivity index (χ2n) is 9.05. The van der Waals surface area contributed by atoms with E-state index in [4.69, 9.17) is 0 Å². The number of aryl methyl sites for hydroxylation is 2. The van der Waals surface area contributed by atoms with Gasteiger partial charge >= 0.3 is 0 Å². The van der Waals surface area contributed by atoms with Crippen molar-refractivity contribution >= 4 is 11.9 Å². The molecule has 3 aliphatic rings. The van der Waals surface area contributed by atoms with Gasteiger partial charge in [-0.15, -0.1) is 0 Å². The second-order valence-corrected chi connectivity index (χ2v) is 9.05. The van der Waals surface area contributed by atoms with Crippen LogP contribution in [0.1, 0.15) is 62.3 Å². The summed E-state index contributed by atoms with van der Waals surface area (Å²) in [5.74, 6) is 2.21. The molecule has 0 aliphatic heterocycles. The molecule has 1 heterocycles. The maximum Gasteiger partial charge on any atom is 0.165 e. The molecule has 4 heteroatoms. The van der Waals surface area contributed by atoms with Gasteiger partial charge in [-0.2, -0.15) is 5.10 Å². The molecule has 0 saturated heterocycles. The molecular weight excluding hydrogens is 348 g/mol. The van der Waals surface area contributed by atoms with Crippen LogP contribution in [0, 0.1) is 17.3 Å². The van der Waals surface area contributed by atoms with E-state index < -0.39 is 0 Å². The third kappa shape index (κ3) is 2.57. The number of benzene rings is 1. The van der Waals surface area contributed by atoms with Gasteiger partial charge in [-0.1, -0.05) is 13.0 Å². The molecule has 0 spiro atoms. The minimum absolute atomic E-state index is 0.227. The van der Waals surface area contributed by atoms with Gasteiger partial charge in [0.25, 0.3) is 0 Å². The largest absolute Gasteiger partial charge is 0.508 e. The van der Waals surface area contributed by atoms with Crippen molar-refractivity contribution < 1.29 is 9.90 Å². The number of hydrogen-bond acceptors (Lipinski definition) is 3. The van der Waals surface area contributed by atoms with E-state index >= 15 is 0 Å². The lowest BCUT2D eigenvalue weighted by atomic mass is 9.55. The zero-order valence-corrected chi connectivity index (χ0v) is 16.7. The Hall–Kier alpha value is -2.36. The van der Waals surface area contributed by atoms with Crippen molar-refractivity contribution in [2.45, 2.75) is 58.4 Å². The number of Topliss-reactive ketones (excluding diaryl/α,β-unsaturated/α-hetero) is 1. The first-order chi connectivity index (χ1) is 13.5. The highest BCUT2D eigenvalue weighted by Gasteiger charge is 2.56.